The van der Waals surface area contributed by atoms with Gasteiger partial charge < -0.3 is 14.8 Å². The van der Waals surface area contributed by atoms with Gasteiger partial charge >= 0.3 is 5.97 Å². The first-order chi connectivity index (χ1) is 12.8. The molecular formula is C16H13N3O5S3. The first-order valence-corrected chi connectivity index (χ1v) is 9.70. The molecule has 2 aromatic rings. The molecule has 8 nitrogen and oxygen atoms in total. The number of amides is 2. The number of hydrogen-bond acceptors (Lipinski definition) is 8. The molecule has 27 heavy (non-hydrogen) atoms. The van der Waals surface area contributed by atoms with Gasteiger partial charge in [0.1, 0.15) is 22.4 Å². The van der Waals surface area contributed by atoms with E-state index in [4.69, 9.17) is 21.7 Å². The molecule has 0 aromatic carbocycles. The molecule has 1 aliphatic heterocycles. The number of aromatic nitrogens is 1. The summed E-state index contributed by atoms with van der Waals surface area (Å²) in [5.74, 6) is -0.597. The smallest absolute Gasteiger partial charge is 0.309 e. The van der Waals surface area contributed by atoms with Crippen LogP contribution in [0, 0.1) is 6.92 Å². The average molecular weight is 423 g/mol. The van der Waals surface area contributed by atoms with Crippen LogP contribution in [0.5, 0.6) is 0 Å². The standard InChI is InChI=1S/C16H13N3O5S3/c1-8-2-3-10(24-8)5-11-14(23)19(16(25)27-11)6-12(20)18-15-17-9(7-26-15)4-13(21)22/h2-3,5,7H,4,6H2,1H3,(H,21,22)(H,17,18,20)/b11-5-. The Morgan fingerprint density at radius 3 is 2.89 bits per heavy atom. The van der Waals surface area contributed by atoms with Crippen molar-refractivity contribution < 1.29 is 23.9 Å². The van der Waals surface area contributed by atoms with E-state index in [1.54, 1.807) is 30.5 Å². The maximum absolute atomic E-state index is 12.5. The molecule has 3 rings (SSSR count). The number of nitrogens with one attached hydrogen (secondary N) is 1. The predicted molar refractivity (Wildman–Crippen MR) is 105 cm³/mol. The maximum Gasteiger partial charge on any atom is 0.309 e. The van der Waals surface area contributed by atoms with Crippen LogP contribution in [0.1, 0.15) is 17.2 Å². The van der Waals surface area contributed by atoms with Crippen LogP contribution in [-0.2, 0) is 20.8 Å². The van der Waals surface area contributed by atoms with Crippen molar-refractivity contribution in [2.45, 2.75) is 13.3 Å². The number of hydrogen-bond donors (Lipinski definition) is 2. The molecule has 0 unspecified atom stereocenters. The normalized spacial score (nSPS) is 15.6. The van der Waals surface area contributed by atoms with Gasteiger partial charge in [0.15, 0.2) is 5.13 Å². The Labute approximate surface area is 167 Å². The lowest BCUT2D eigenvalue weighted by molar-refractivity contribution is -0.136. The minimum Gasteiger partial charge on any atom is -0.481 e. The highest BCUT2D eigenvalue weighted by Gasteiger charge is 2.33. The summed E-state index contributed by atoms with van der Waals surface area (Å²) in [6.45, 7) is 1.54. The van der Waals surface area contributed by atoms with Gasteiger partial charge in [0.05, 0.1) is 17.0 Å². The highest BCUT2D eigenvalue weighted by Crippen LogP contribution is 2.32. The first-order valence-electron chi connectivity index (χ1n) is 7.59. The van der Waals surface area contributed by atoms with Gasteiger partial charge in [-0.25, -0.2) is 4.98 Å². The number of carboxylic acid groups (broad SMARTS) is 1. The number of rotatable bonds is 6. The van der Waals surface area contributed by atoms with Crippen molar-refractivity contribution in [2.24, 2.45) is 0 Å². The summed E-state index contributed by atoms with van der Waals surface area (Å²) in [6, 6.07) is 3.53. The summed E-state index contributed by atoms with van der Waals surface area (Å²) in [5, 5.41) is 13.1. The Kier molecular flexibility index (Phi) is 5.73. The summed E-state index contributed by atoms with van der Waals surface area (Å²) in [5.41, 5.74) is 0.352. The molecule has 0 radical (unpaired) electrons. The number of thioether (sulfide) groups is 1. The molecule has 0 aliphatic carbocycles. The van der Waals surface area contributed by atoms with Gasteiger partial charge in [-0.15, -0.1) is 11.3 Å². The molecule has 2 N–H and O–H groups in total. The van der Waals surface area contributed by atoms with Crippen molar-refractivity contribution in [2.75, 3.05) is 11.9 Å². The van der Waals surface area contributed by atoms with Gasteiger partial charge in [-0.2, -0.15) is 0 Å². The first kappa shape index (κ1) is 19.3. The molecule has 1 fully saturated rings. The third-order valence-corrected chi connectivity index (χ3v) is 5.52. The van der Waals surface area contributed by atoms with Crippen LogP contribution < -0.4 is 5.32 Å². The van der Waals surface area contributed by atoms with E-state index in [0.717, 1.165) is 28.9 Å². The summed E-state index contributed by atoms with van der Waals surface area (Å²) in [4.78, 5) is 40.9. The van der Waals surface area contributed by atoms with E-state index in [-0.39, 0.29) is 28.3 Å². The lowest BCUT2D eigenvalue weighted by atomic mass is 10.3. The van der Waals surface area contributed by atoms with E-state index >= 15 is 0 Å². The van der Waals surface area contributed by atoms with Crippen LogP contribution in [0.4, 0.5) is 5.13 Å². The summed E-state index contributed by atoms with van der Waals surface area (Å²) < 4.78 is 5.70. The fourth-order valence-electron chi connectivity index (χ4n) is 2.20. The Morgan fingerprint density at radius 2 is 2.22 bits per heavy atom. The number of aryl methyl sites for hydroxylation is 1. The van der Waals surface area contributed by atoms with Gasteiger partial charge in [0, 0.05) is 11.5 Å². The van der Waals surface area contributed by atoms with Crippen molar-refractivity contribution in [3.05, 3.63) is 39.6 Å². The van der Waals surface area contributed by atoms with Gasteiger partial charge in [-0.3, -0.25) is 19.3 Å². The molecule has 0 atom stereocenters. The van der Waals surface area contributed by atoms with Crippen LogP contribution >= 0.6 is 35.3 Å². The SMILES string of the molecule is Cc1ccc(/C=C2\SC(=S)N(CC(=O)Nc3nc(CC(=O)O)cs3)C2=O)o1. The predicted octanol–water partition coefficient (Wildman–Crippen LogP) is 2.51. The molecule has 1 aliphatic rings. The van der Waals surface area contributed by atoms with E-state index in [9.17, 15) is 14.4 Å². The largest absolute Gasteiger partial charge is 0.481 e. The van der Waals surface area contributed by atoms with Crippen molar-refractivity contribution in [1.82, 2.24) is 9.88 Å². The number of aliphatic carboxylic acids is 1. The Balaban J connectivity index is 1.63. The van der Waals surface area contributed by atoms with Gasteiger partial charge in [0.25, 0.3) is 5.91 Å². The monoisotopic (exact) mass is 423 g/mol. The topological polar surface area (TPSA) is 113 Å². The highest BCUT2D eigenvalue weighted by molar-refractivity contribution is 8.26. The molecule has 0 saturated carbocycles. The van der Waals surface area contributed by atoms with Crippen LogP contribution in [-0.4, -0.2) is 43.6 Å². The summed E-state index contributed by atoms with van der Waals surface area (Å²) in [6.07, 6.45) is 1.36. The molecule has 3 heterocycles. The summed E-state index contributed by atoms with van der Waals surface area (Å²) >= 11 is 7.40. The zero-order valence-corrected chi connectivity index (χ0v) is 16.4. The molecule has 11 heteroatoms. The van der Waals surface area contributed by atoms with E-state index in [1.807, 2.05) is 0 Å². The molecule has 2 aromatic heterocycles. The number of carboxylic acids is 1. The number of anilines is 1. The molecule has 0 spiro atoms. The average Bonchev–Trinajstić information content (AvgIpc) is 3.25. The number of carbonyl (C=O) groups is 3. The Morgan fingerprint density at radius 1 is 1.44 bits per heavy atom. The number of carbonyl (C=O) groups excluding carboxylic acids is 2. The Hall–Kier alpha value is -2.50. The lowest BCUT2D eigenvalue weighted by Gasteiger charge is -2.13. The van der Waals surface area contributed by atoms with Crippen molar-refractivity contribution >= 4 is 68.6 Å². The quantitative estimate of drug-likeness (QED) is 0.538. The van der Waals surface area contributed by atoms with E-state index in [1.165, 1.54) is 4.90 Å². The fraction of sp³-hybridized carbons (Fsp3) is 0.188. The number of nitrogens with zero attached hydrogens (tertiary/aromatic N) is 2. The third kappa shape index (κ3) is 4.81. The number of thiazole rings is 1. The fourth-order valence-corrected chi connectivity index (χ4v) is 4.16. The van der Waals surface area contributed by atoms with Crippen molar-refractivity contribution in [3.63, 3.8) is 0 Å². The van der Waals surface area contributed by atoms with Gasteiger partial charge in [0.2, 0.25) is 5.91 Å². The van der Waals surface area contributed by atoms with Crippen molar-refractivity contribution in [3.8, 4) is 0 Å². The van der Waals surface area contributed by atoms with E-state index < -0.39 is 11.9 Å². The third-order valence-electron chi connectivity index (χ3n) is 3.34. The zero-order chi connectivity index (χ0) is 19.6. The summed E-state index contributed by atoms with van der Waals surface area (Å²) in [7, 11) is 0. The zero-order valence-electron chi connectivity index (χ0n) is 13.9. The van der Waals surface area contributed by atoms with E-state index in [2.05, 4.69) is 10.3 Å². The van der Waals surface area contributed by atoms with Crippen molar-refractivity contribution in [1.29, 1.82) is 0 Å². The van der Waals surface area contributed by atoms with Gasteiger partial charge in [-0.1, -0.05) is 24.0 Å². The van der Waals surface area contributed by atoms with Crippen LogP contribution in [0.25, 0.3) is 6.08 Å². The molecule has 0 bridgehead atoms. The Bertz CT molecular complexity index is 962. The molecule has 2 amide bonds. The lowest BCUT2D eigenvalue weighted by Crippen LogP contribution is -2.36. The minimum atomic E-state index is -1.01. The van der Waals surface area contributed by atoms with Gasteiger partial charge in [-0.05, 0) is 19.1 Å². The molecule has 1 saturated heterocycles. The second-order valence-electron chi connectivity index (χ2n) is 5.48. The number of thiocarbonyl (C=S) groups is 1. The van der Waals surface area contributed by atoms with Crippen LogP contribution in [0.3, 0.4) is 0 Å². The molecule has 140 valence electrons. The highest BCUT2D eigenvalue weighted by atomic mass is 32.2. The number of furan rings is 1. The minimum absolute atomic E-state index is 0.224. The maximum atomic E-state index is 12.5. The second kappa shape index (κ2) is 8.03. The second-order valence-corrected chi connectivity index (χ2v) is 8.01. The van der Waals surface area contributed by atoms with E-state index in [0.29, 0.717) is 16.4 Å². The molecular weight excluding hydrogens is 410 g/mol. The van der Waals surface area contributed by atoms with Crippen LogP contribution in [0.2, 0.25) is 0 Å². The van der Waals surface area contributed by atoms with Crippen LogP contribution in [0.15, 0.2) is 26.8 Å².